The van der Waals surface area contributed by atoms with Crippen LogP contribution in [-0.2, 0) is 6.54 Å². The highest BCUT2D eigenvalue weighted by atomic mass is 16.4. The molecule has 1 aliphatic rings. The van der Waals surface area contributed by atoms with Crippen molar-refractivity contribution in [2.45, 2.75) is 25.5 Å². The summed E-state index contributed by atoms with van der Waals surface area (Å²) in [6, 6.07) is 3.55. The predicted molar refractivity (Wildman–Crippen MR) is 62.5 cm³/mol. The van der Waals surface area contributed by atoms with E-state index in [2.05, 4.69) is 15.1 Å². The lowest BCUT2D eigenvalue weighted by Gasteiger charge is -2.45. The molecule has 0 amide bonds. The van der Waals surface area contributed by atoms with Crippen molar-refractivity contribution in [3.63, 3.8) is 0 Å². The zero-order valence-corrected chi connectivity index (χ0v) is 10.2. The Morgan fingerprint density at radius 2 is 2.28 bits per heavy atom. The van der Waals surface area contributed by atoms with E-state index in [1.165, 1.54) is 0 Å². The van der Waals surface area contributed by atoms with Crippen LogP contribution in [0, 0.1) is 0 Å². The second kappa shape index (κ2) is 4.22. The predicted octanol–water partition coefficient (Wildman–Crippen LogP) is 1.29. The molecule has 3 rings (SSSR count). The maximum atomic E-state index is 9.90. The van der Waals surface area contributed by atoms with Gasteiger partial charge in [-0.25, -0.2) is 0 Å². The second-order valence-corrected chi connectivity index (χ2v) is 4.70. The minimum absolute atomic E-state index is 0.390. The highest BCUT2D eigenvalue weighted by Gasteiger charge is 2.39. The van der Waals surface area contributed by atoms with E-state index in [1.54, 1.807) is 18.4 Å². The van der Waals surface area contributed by atoms with Crippen LogP contribution in [-0.4, -0.2) is 38.9 Å². The van der Waals surface area contributed by atoms with Gasteiger partial charge in [-0.1, -0.05) is 6.92 Å². The SMILES string of the molecule is CCC1(O)CN(Cc2nnc(-c3ccco3)o2)C1. The van der Waals surface area contributed by atoms with Crippen LogP contribution in [0.5, 0.6) is 0 Å². The Bertz CT molecular complexity index is 514. The molecular formula is C12H15N3O3. The van der Waals surface area contributed by atoms with Gasteiger partial charge < -0.3 is 13.9 Å². The lowest BCUT2D eigenvalue weighted by Crippen LogP contribution is -2.60. The number of rotatable bonds is 4. The van der Waals surface area contributed by atoms with E-state index in [4.69, 9.17) is 8.83 Å². The van der Waals surface area contributed by atoms with Gasteiger partial charge in [0, 0.05) is 13.1 Å². The molecule has 0 aliphatic carbocycles. The molecule has 96 valence electrons. The molecule has 1 N–H and O–H groups in total. The van der Waals surface area contributed by atoms with Gasteiger partial charge in [0.2, 0.25) is 5.89 Å². The van der Waals surface area contributed by atoms with Crippen LogP contribution >= 0.6 is 0 Å². The van der Waals surface area contributed by atoms with E-state index in [9.17, 15) is 5.11 Å². The fraction of sp³-hybridized carbons (Fsp3) is 0.500. The van der Waals surface area contributed by atoms with Crippen LogP contribution in [0.15, 0.2) is 27.2 Å². The van der Waals surface area contributed by atoms with Crippen molar-refractivity contribution in [2.24, 2.45) is 0 Å². The quantitative estimate of drug-likeness (QED) is 0.879. The van der Waals surface area contributed by atoms with Gasteiger partial charge in [-0.05, 0) is 18.6 Å². The van der Waals surface area contributed by atoms with Crippen molar-refractivity contribution in [2.75, 3.05) is 13.1 Å². The molecule has 0 atom stereocenters. The molecule has 0 spiro atoms. The number of aliphatic hydroxyl groups is 1. The van der Waals surface area contributed by atoms with Gasteiger partial charge in [-0.2, -0.15) is 0 Å². The Balaban J connectivity index is 1.62. The summed E-state index contributed by atoms with van der Waals surface area (Å²) in [6.07, 6.45) is 2.33. The fourth-order valence-electron chi connectivity index (χ4n) is 2.13. The number of hydrogen-bond donors (Lipinski definition) is 1. The van der Waals surface area contributed by atoms with Crippen molar-refractivity contribution in [3.8, 4) is 11.7 Å². The fourth-order valence-corrected chi connectivity index (χ4v) is 2.13. The lowest BCUT2D eigenvalue weighted by molar-refractivity contribution is -0.105. The molecule has 1 fully saturated rings. The smallest absolute Gasteiger partial charge is 0.283 e. The van der Waals surface area contributed by atoms with E-state index in [0.717, 1.165) is 6.42 Å². The first-order valence-corrected chi connectivity index (χ1v) is 5.99. The van der Waals surface area contributed by atoms with Crippen molar-refractivity contribution in [3.05, 3.63) is 24.3 Å². The Hall–Kier alpha value is -1.66. The Morgan fingerprint density at radius 3 is 2.94 bits per heavy atom. The third-order valence-corrected chi connectivity index (χ3v) is 3.25. The summed E-state index contributed by atoms with van der Waals surface area (Å²) in [5.74, 6) is 1.50. The number of aromatic nitrogens is 2. The maximum absolute atomic E-state index is 9.90. The monoisotopic (exact) mass is 249 g/mol. The van der Waals surface area contributed by atoms with Crippen LogP contribution in [0.3, 0.4) is 0 Å². The standard InChI is InChI=1S/C12H15N3O3/c1-2-12(16)7-15(8-12)6-10-13-14-11(18-10)9-4-3-5-17-9/h3-5,16H,2,6-8H2,1H3. The summed E-state index contributed by atoms with van der Waals surface area (Å²) >= 11 is 0. The summed E-state index contributed by atoms with van der Waals surface area (Å²) in [7, 11) is 0. The number of likely N-dealkylation sites (tertiary alicyclic amines) is 1. The van der Waals surface area contributed by atoms with Gasteiger partial charge >= 0.3 is 0 Å². The van der Waals surface area contributed by atoms with E-state index in [-0.39, 0.29) is 0 Å². The Kier molecular flexibility index (Phi) is 2.68. The first-order chi connectivity index (χ1) is 8.68. The summed E-state index contributed by atoms with van der Waals surface area (Å²) in [4.78, 5) is 2.07. The third-order valence-electron chi connectivity index (χ3n) is 3.25. The maximum Gasteiger partial charge on any atom is 0.283 e. The minimum atomic E-state index is -0.538. The minimum Gasteiger partial charge on any atom is -0.459 e. The summed E-state index contributed by atoms with van der Waals surface area (Å²) in [6.45, 7) is 3.86. The van der Waals surface area contributed by atoms with Gasteiger partial charge in [-0.15, -0.1) is 10.2 Å². The van der Waals surface area contributed by atoms with E-state index in [0.29, 0.717) is 37.2 Å². The lowest BCUT2D eigenvalue weighted by atomic mass is 9.91. The number of hydrogen-bond acceptors (Lipinski definition) is 6. The number of β-amino-alcohol motifs (C(OH)–C–C–N with tert-alkyl or cyclic N) is 1. The topological polar surface area (TPSA) is 75.5 Å². The van der Waals surface area contributed by atoms with Gasteiger partial charge in [0.15, 0.2) is 5.76 Å². The van der Waals surface area contributed by atoms with Crippen LogP contribution in [0.1, 0.15) is 19.2 Å². The molecule has 0 unspecified atom stereocenters. The summed E-state index contributed by atoms with van der Waals surface area (Å²) in [5.41, 5.74) is -0.538. The van der Waals surface area contributed by atoms with E-state index in [1.807, 2.05) is 6.92 Å². The third kappa shape index (κ3) is 2.04. The summed E-state index contributed by atoms with van der Waals surface area (Å²) in [5, 5.41) is 17.8. The first kappa shape index (κ1) is 11.4. The zero-order valence-electron chi connectivity index (χ0n) is 10.2. The molecule has 18 heavy (non-hydrogen) atoms. The molecular weight excluding hydrogens is 234 g/mol. The van der Waals surface area contributed by atoms with E-state index < -0.39 is 5.60 Å². The van der Waals surface area contributed by atoms with Crippen LogP contribution in [0.25, 0.3) is 11.7 Å². The Labute approximate surface area is 104 Å². The molecule has 6 heteroatoms. The van der Waals surface area contributed by atoms with Crippen LogP contribution in [0.2, 0.25) is 0 Å². The normalized spacial score (nSPS) is 18.8. The molecule has 3 heterocycles. The molecule has 1 aliphatic heterocycles. The van der Waals surface area contributed by atoms with Gasteiger partial charge in [0.1, 0.15) is 0 Å². The molecule has 2 aromatic heterocycles. The molecule has 0 aromatic carbocycles. The average Bonchev–Trinajstić information content (AvgIpc) is 2.96. The average molecular weight is 249 g/mol. The van der Waals surface area contributed by atoms with Crippen LogP contribution < -0.4 is 0 Å². The molecule has 1 saturated heterocycles. The highest BCUT2D eigenvalue weighted by molar-refractivity contribution is 5.42. The van der Waals surface area contributed by atoms with Crippen molar-refractivity contribution in [1.29, 1.82) is 0 Å². The molecule has 0 saturated carbocycles. The van der Waals surface area contributed by atoms with Gasteiger partial charge in [0.05, 0.1) is 18.4 Å². The van der Waals surface area contributed by atoms with E-state index >= 15 is 0 Å². The van der Waals surface area contributed by atoms with Crippen molar-refractivity contribution >= 4 is 0 Å². The molecule has 6 nitrogen and oxygen atoms in total. The zero-order chi connectivity index (χ0) is 12.6. The first-order valence-electron chi connectivity index (χ1n) is 5.99. The van der Waals surface area contributed by atoms with Gasteiger partial charge in [0.25, 0.3) is 5.89 Å². The van der Waals surface area contributed by atoms with Crippen molar-refractivity contribution in [1.82, 2.24) is 15.1 Å². The molecule has 0 bridgehead atoms. The molecule has 2 aromatic rings. The highest BCUT2D eigenvalue weighted by Crippen LogP contribution is 2.26. The van der Waals surface area contributed by atoms with Gasteiger partial charge in [-0.3, -0.25) is 4.90 Å². The Morgan fingerprint density at radius 1 is 1.44 bits per heavy atom. The number of furan rings is 1. The molecule has 0 radical (unpaired) electrons. The van der Waals surface area contributed by atoms with Crippen molar-refractivity contribution < 1.29 is 13.9 Å². The summed E-state index contributed by atoms with van der Waals surface area (Å²) < 4.78 is 10.7. The largest absolute Gasteiger partial charge is 0.459 e. The van der Waals surface area contributed by atoms with Crippen LogP contribution in [0.4, 0.5) is 0 Å². The second-order valence-electron chi connectivity index (χ2n) is 4.70. The number of nitrogens with zero attached hydrogens (tertiary/aromatic N) is 3.